The van der Waals surface area contributed by atoms with Gasteiger partial charge in [-0.2, -0.15) is 4.98 Å². The molecular formula is C15H11FN4O2S. The van der Waals surface area contributed by atoms with Crippen LogP contribution in [0.2, 0.25) is 0 Å². The van der Waals surface area contributed by atoms with Crippen molar-refractivity contribution in [3.05, 3.63) is 42.0 Å². The van der Waals surface area contributed by atoms with E-state index < -0.39 is 0 Å². The molecular weight excluding hydrogens is 319 g/mol. The van der Waals surface area contributed by atoms with Crippen molar-refractivity contribution in [2.45, 2.75) is 11.0 Å². The van der Waals surface area contributed by atoms with Crippen LogP contribution in [0.15, 0.2) is 40.0 Å². The molecule has 1 N–H and O–H groups in total. The first kappa shape index (κ1) is 14.0. The Labute approximate surface area is 134 Å². The van der Waals surface area contributed by atoms with E-state index in [1.165, 1.54) is 23.9 Å². The lowest BCUT2D eigenvalue weighted by molar-refractivity contribution is 0.399. The smallest absolute Gasteiger partial charge is 0.257 e. The first-order valence-corrected chi connectivity index (χ1v) is 7.78. The maximum atomic E-state index is 13.1. The maximum absolute atomic E-state index is 13.1. The zero-order valence-corrected chi connectivity index (χ0v) is 12.9. The number of oxazole rings is 1. The van der Waals surface area contributed by atoms with Gasteiger partial charge in [-0.25, -0.2) is 14.4 Å². The summed E-state index contributed by atoms with van der Waals surface area (Å²) in [7, 11) is 1.56. The van der Waals surface area contributed by atoms with Crippen LogP contribution in [0.3, 0.4) is 0 Å². The summed E-state index contributed by atoms with van der Waals surface area (Å²) in [6, 6.07) is 7.91. The molecule has 6 nitrogen and oxygen atoms in total. The van der Waals surface area contributed by atoms with Gasteiger partial charge in [-0.1, -0.05) is 11.8 Å². The van der Waals surface area contributed by atoms with Crippen LogP contribution in [0.5, 0.6) is 5.88 Å². The number of nitrogens with zero attached hydrogens (tertiary/aromatic N) is 3. The fourth-order valence-electron chi connectivity index (χ4n) is 2.18. The molecule has 8 heteroatoms. The van der Waals surface area contributed by atoms with E-state index in [1.54, 1.807) is 19.2 Å². The number of aromatic amines is 1. The monoisotopic (exact) mass is 330 g/mol. The highest BCUT2D eigenvalue weighted by Gasteiger charge is 2.10. The fraction of sp³-hybridized carbons (Fsp3) is 0.133. The minimum absolute atomic E-state index is 0.345. The number of hydrogen-bond acceptors (Lipinski definition) is 6. The number of hydrogen-bond donors (Lipinski definition) is 1. The number of imidazole rings is 1. The lowest BCUT2D eigenvalue weighted by Gasteiger charge is -1.95. The van der Waals surface area contributed by atoms with Crippen molar-refractivity contribution in [2.75, 3.05) is 7.11 Å². The number of methoxy groups -OCH3 is 1. The Morgan fingerprint density at radius 1 is 1.22 bits per heavy atom. The molecule has 4 aromatic rings. The molecule has 3 aromatic heterocycles. The average molecular weight is 330 g/mol. The zero-order chi connectivity index (χ0) is 15.8. The summed E-state index contributed by atoms with van der Waals surface area (Å²) in [5.74, 6) is 1.46. The predicted octanol–water partition coefficient (Wildman–Crippen LogP) is 3.54. The minimum atomic E-state index is -0.345. The highest BCUT2D eigenvalue weighted by atomic mass is 32.2. The summed E-state index contributed by atoms with van der Waals surface area (Å²) in [4.78, 5) is 16.1. The van der Waals surface area contributed by atoms with Crippen molar-refractivity contribution in [3.63, 3.8) is 0 Å². The topological polar surface area (TPSA) is 76.8 Å². The van der Waals surface area contributed by atoms with Crippen molar-refractivity contribution >= 4 is 34.0 Å². The lowest BCUT2D eigenvalue weighted by atomic mass is 10.3. The van der Waals surface area contributed by atoms with Gasteiger partial charge in [0.1, 0.15) is 17.2 Å². The Morgan fingerprint density at radius 3 is 3.00 bits per heavy atom. The molecule has 0 fully saturated rings. The molecule has 0 amide bonds. The molecule has 4 rings (SSSR count). The molecule has 3 heterocycles. The summed E-state index contributed by atoms with van der Waals surface area (Å²) < 4.78 is 23.7. The zero-order valence-electron chi connectivity index (χ0n) is 12.0. The molecule has 0 unspecified atom stereocenters. The van der Waals surface area contributed by atoms with E-state index in [9.17, 15) is 4.39 Å². The third-order valence-electron chi connectivity index (χ3n) is 3.24. The van der Waals surface area contributed by atoms with Crippen molar-refractivity contribution in [3.8, 4) is 5.88 Å². The number of H-pyrrole nitrogens is 1. The molecule has 1 aromatic carbocycles. The van der Waals surface area contributed by atoms with Crippen LogP contribution >= 0.6 is 11.8 Å². The van der Waals surface area contributed by atoms with Gasteiger partial charge in [-0.15, -0.1) is 0 Å². The van der Waals surface area contributed by atoms with E-state index in [-0.39, 0.29) is 5.82 Å². The number of halogens is 1. The van der Waals surface area contributed by atoms with Gasteiger partial charge in [-0.05, 0) is 18.2 Å². The normalized spacial score (nSPS) is 11.4. The Balaban J connectivity index is 1.55. The number of pyridine rings is 1. The van der Waals surface area contributed by atoms with Crippen LogP contribution in [0.4, 0.5) is 4.39 Å². The van der Waals surface area contributed by atoms with Gasteiger partial charge in [-0.3, -0.25) is 0 Å². The molecule has 0 aliphatic rings. The quantitative estimate of drug-likeness (QED) is 0.577. The number of fused-ring (bicyclic) bond motifs is 2. The van der Waals surface area contributed by atoms with E-state index in [0.717, 1.165) is 11.3 Å². The second kappa shape index (κ2) is 5.54. The van der Waals surface area contributed by atoms with Gasteiger partial charge in [0.2, 0.25) is 5.88 Å². The van der Waals surface area contributed by atoms with Gasteiger partial charge in [0.05, 0.1) is 18.4 Å². The Bertz CT molecular complexity index is 998. The standard InChI is InChI=1S/C15H11FN4O2S/c1-21-13-5-4-10-14(20-13)19-12(17-10)7-23-15-18-9-3-2-8(16)6-11(9)22-15/h2-6H,7H2,1H3,(H,17,19,20). The first-order chi connectivity index (χ1) is 11.2. The van der Waals surface area contributed by atoms with E-state index >= 15 is 0 Å². The molecule has 0 saturated heterocycles. The third kappa shape index (κ3) is 2.72. The van der Waals surface area contributed by atoms with E-state index in [4.69, 9.17) is 9.15 Å². The van der Waals surface area contributed by atoms with E-state index in [1.807, 2.05) is 6.07 Å². The van der Waals surface area contributed by atoms with Crippen LogP contribution in [0, 0.1) is 5.82 Å². The number of benzene rings is 1. The maximum Gasteiger partial charge on any atom is 0.257 e. The highest BCUT2D eigenvalue weighted by molar-refractivity contribution is 7.98. The van der Waals surface area contributed by atoms with Crippen LogP contribution < -0.4 is 4.74 Å². The van der Waals surface area contributed by atoms with Crippen LogP contribution in [0.25, 0.3) is 22.3 Å². The molecule has 23 heavy (non-hydrogen) atoms. The van der Waals surface area contributed by atoms with Crippen molar-refractivity contribution in [1.29, 1.82) is 0 Å². The summed E-state index contributed by atoms with van der Waals surface area (Å²) in [5.41, 5.74) is 2.49. The van der Waals surface area contributed by atoms with E-state index in [2.05, 4.69) is 19.9 Å². The molecule has 0 atom stereocenters. The Hall–Kier alpha value is -2.61. The molecule has 0 bridgehead atoms. The highest BCUT2D eigenvalue weighted by Crippen LogP contribution is 2.26. The molecule has 0 radical (unpaired) electrons. The largest absolute Gasteiger partial charge is 0.481 e. The first-order valence-electron chi connectivity index (χ1n) is 6.80. The second-order valence-corrected chi connectivity index (χ2v) is 5.72. The molecule has 116 valence electrons. The number of ether oxygens (including phenoxy) is 1. The van der Waals surface area contributed by atoms with Gasteiger partial charge in [0.15, 0.2) is 11.2 Å². The average Bonchev–Trinajstić information content (AvgIpc) is 3.14. The molecule has 0 aliphatic heterocycles. The number of aromatic nitrogens is 4. The molecule has 0 saturated carbocycles. The predicted molar refractivity (Wildman–Crippen MR) is 84.0 cm³/mol. The molecule has 0 aliphatic carbocycles. The Kier molecular flexibility index (Phi) is 3.38. The van der Waals surface area contributed by atoms with Crippen molar-refractivity contribution in [2.24, 2.45) is 0 Å². The second-order valence-electron chi connectivity index (χ2n) is 4.79. The number of rotatable bonds is 4. The third-order valence-corrected chi connectivity index (χ3v) is 4.08. The summed E-state index contributed by atoms with van der Waals surface area (Å²) in [5, 5.41) is 0.469. The van der Waals surface area contributed by atoms with Crippen LogP contribution in [0.1, 0.15) is 5.82 Å². The van der Waals surface area contributed by atoms with Gasteiger partial charge >= 0.3 is 0 Å². The SMILES string of the molecule is COc1ccc2[nH]c(CSc3nc4ccc(F)cc4o3)nc2n1. The van der Waals surface area contributed by atoms with E-state index in [0.29, 0.717) is 33.6 Å². The number of nitrogens with one attached hydrogen (secondary N) is 1. The van der Waals surface area contributed by atoms with Gasteiger partial charge in [0, 0.05) is 12.1 Å². The lowest BCUT2D eigenvalue weighted by Crippen LogP contribution is -1.86. The molecule has 0 spiro atoms. The van der Waals surface area contributed by atoms with Crippen molar-refractivity contribution < 1.29 is 13.5 Å². The summed E-state index contributed by atoms with van der Waals surface area (Å²) in [6.45, 7) is 0. The van der Waals surface area contributed by atoms with Gasteiger partial charge < -0.3 is 14.1 Å². The van der Waals surface area contributed by atoms with Crippen molar-refractivity contribution in [1.82, 2.24) is 19.9 Å². The van der Waals surface area contributed by atoms with Gasteiger partial charge in [0.25, 0.3) is 5.22 Å². The fourth-order valence-corrected chi connectivity index (χ4v) is 2.88. The van der Waals surface area contributed by atoms with Crippen LogP contribution in [-0.2, 0) is 5.75 Å². The summed E-state index contributed by atoms with van der Waals surface area (Å²) in [6.07, 6.45) is 0. The summed E-state index contributed by atoms with van der Waals surface area (Å²) >= 11 is 1.38. The minimum Gasteiger partial charge on any atom is -0.481 e. The Morgan fingerprint density at radius 2 is 2.13 bits per heavy atom. The van der Waals surface area contributed by atoms with Crippen LogP contribution in [-0.4, -0.2) is 27.0 Å². The number of thioether (sulfide) groups is 1.